The lowest BCUT2D eigenvalue weighted by molar-refractivity contribution is 0.340. The van der Waals surface area contributed by atoms with Gasteiger partial charge >= 0.3 is 0 Å². The van der Waals surface area contributed by atoms with Gasteiger partial charge in [0.25, 0.3) is 0 Å². The van der Waals surface area contributed by atoms with E-state index in [9.17, 15) is 0 Å². The van der Waals surface area contributed by atoms with Gasteiger partial charge in [-0.2, -0.15) is 0 Å². The SMILES string of the molecule is Nc1cccc(NC2COc3ccccc32)c1. The fourth-order valence-electron chi connectivity index (χ4n) is 2.11. The summed E-state index contributed by atoms with van der Waals surface area (Å²) in [5.74, 6) is 0.967. The maximum Gasteiger partial charge on any atom is 0.124 e. The molecule has 0 fully saturated rings. The van der Waals surface area contributed by atoms with Gasteiger partial charge in [0, 0.05) is 16.9 Å². The predicted octanol–water partition coefficient (Wildman–Crippen LogP) is 2.81. The van der Waals surface area contributed by atoms with E-state index in [1.807, 2.05) is 42.5 Å². The van der Waals surface area contributed by atoms with Gasteiger partial charge in [0.05, 0.1) is 6.04 Å². The number of para-hydroxylation sites is 1. The highest BCUT2D eigenvalue weighted by Gasteiger charge is 2.23. The van der Waals surface area contributed by atoms with Crippen LogP contribution in [0.4, 0.5) is 11.4 Å². The van der Waals surface area contributed by atoms with E-state index in [0.29, 0.717) is 6.61 Å². The van der Waals surface area contributed by atoms with Crippen LogP contribution in [0.5, 0.6) is 5.75 Å². The summed E-state index contributed by atoms with van der Waals surface area (Å²) in [7, 11) is 0. The third-order valence-electron chi connectivity index (χ3n) is 2.93. The highest BCUT2D eigenvalue weighted by Crippen LogP contribution is 2.34. The lowest BCUT2D eigenvalue weighted by atomic mass is 10.1. The zero-order valence-corrected chi connectivity index (χ0v) is 9.39. The summed E-state index contributed by atoms with van der Waals surface area (Å²) in [5, 5.41) is 3.43. The molecule has 0 saturated heterocycles. The predicted molar refractivity (Wildman–Crippen MR) is 69.2 cm³/mol. The number of rotatable bonds is 2. The van der Waals surface area contributed by atoms with Gasteiger partial charge in [-0.05, 0) is 24.3 Å². The van der Waals surface area contributed by atoms with E-state index in [1.165, 1.54) is 5.56 Å². The standard InChI is InChI=1S/C14H14N2O/c15-10-4-3-5-11(8-10)16-13-9-17-14-7-2-1-6-12(13)14/h1-8,13,16H,9,15H2. The molecule has 1 unspecified atom stereocenters. The normalized spacial score (nSPS) is 17.3. The molecule has 3 heteroatoms. The van der Waals surface area contributed by atoms with Crippen molar-refractivity contribution in [3.63, 3.8) is 0 Å². The van der Waals surface area contributed by atoms with Crippen LogP contribution in [0.1, 0.15) is 11.6 Å². The third-order valence-corrected chi connectivity index (χ3v) is 2.93. The minimum Gasteiger partial charge on any atom is -0.491 e. The van der Waals surface area contributed by atoms with Crippen molar-refractivity contribution in [2.45, 2.75) is 6.04 Å². The Balaban J connectivity index is 1.84. The Hall–Kier alpha value is -2.16. The summed E-state index contributed by atoms with van der Waals surface area (Å²) >= 11 is 0. The second-order valence-corrected chi connectivity index (χ2v) is 4.17. The van der Waals surface area contributed by atoms with Gasteiger partial charge in [-0.1, -0.05) is 24.3 Å². The second-order valence-electron chi connectivity index (χ2n) is 4.17. The fraction of sp³-hybridized carbons (Fsp3) is 0.143. The van der Waals surface area contributed by atoms with Crippen molar-refractivity contribution < 1.29 is 4.74 Å². The van der Waals surface area contributed by atoms with E-state index in [2.05, 4.69) is 11.4 Å². The van der Waals surface area contributed by atoms with Crippen LogP contribution < -0.4 is 15.8 Å². The molecule has 1 aliphatic rings. The Morgan fingerprint density at radius 1 is 1.12 bits per heavy atom. The number of anilines is 2. The maximum absolute atomic E-state index is 5.76. The van der Waals surface area contributed by atoms with E-state index >= 15 is 0 Å². The number of hydrogen-bond donors (Lipinski definition) is 2. The molecular weight excluding hydrogens is 212 g/mol. The molecule has 2 aromatic rings. The minimum atomic E-state index is 0.202. The largest absolute Gasteiger partial charge is 0.491 e. The quantitative estimate of drug-likeness (QED) is 0.774. The molecular formula is C14H14N2O. The fourth-order valence-corrected chi connectivity index (χ4v) is 2.11. The Bertz CT molecular complexity index is 539. The molecule has 1 aliphatic heterocycles. The first-order chi connectivity index (χ1) is 8.33. The van der Waals surface area contributed by atoms with Crippen LogP contribution >= 0.6 is 0 Å². The van der Waals surface area contributed by atoms with Crippen molar-refractivity contribution >= 4 is 11.4 Å². The molecule has 0 bridgehead atoms. The van der Waals surface area contributed by atoms with Crippen molar-refractivity contribution in [3.8, 4) is 5.75 Å². The number of nitrogens with one attached hydrogen (secondary N) is 1. The number of nitrogen functional groups attached to an aromatic ring is 1. The summed E-state index contributed by atoms with van der Waals surface area (Å²) in [5.41, 5.74) is 8.75. The van der Waals surface area contributed by atoms with Gasteiger partial charge in [-0.3, -0.25) is 0 Å². The average molecular weight is 226 g/mol. The number of fused-ring (bicyclic) bond motifs is 1. The van der Waals surface area contributed by atoms with E-state index in [0.717, 1.165) is 17.1 Å². The van der Waals surface area contributed by atoms with Crippen molar-refractivity contribution in [3.05, 3.63) is 54.1 Å². The van der Waals surface area contributed by atoms with Crippen molar-refractivity contribution in [2.24, 2.45) is 0 Å². The first kappa shape index (κ1) is 10.0. The molecule has 2 aromatic carbocycles. The first-order valence-corrected chi connectivity index (χ1v) is 5.67. The molecule has 3 rings (SSSR count). The Kier molecular flexibility index (Phi) is 2.37. The Morgan fingerprint density at radius 3 is 2.88 bits per heavy atom. The average Bonchev–Trinajstić information content (AvgIpc) is 2.73. The van der Waals surface area contributed by atoms with Crippen LogP contribution in [0.3, 0.4) is 0 Å². The smallest absolute Gasteiger partial charge is 0.124 e. The topological polar surface area (TPSA) is 47.3 Å². The molecule has 0 aliphatic carbocycles. The number of nitrogens with two attached hydrogens (primary N) is 1. The lowest BCUT2D eigenvalue weighted by Gasteiger charge is -2.13. The Morgan fingerprint density at radius 2 is 2.00 bits per heavy atom. The number of benzene rings is 2. The second kappa shape index (κ2) is 4.01. The van der Waals surface area contributed by atoms with E-state index in [1.54, 1.807) is 0 Å². The molecule has 3 N–H and O–H groups in total. The Labute approximate surface area is 100 Å². The molecule has 1 atom stereocenters. The molecule has 1 heterocycles. The van der Waals surface area contributed by atoms with Crippen LogP contribution in [0.2, 0.25) is 0 Å². The first-order valence-electron chi connectivity index (χ1n) is 5.67. The molecule has 0 amide bonds. The van der Waals surface area contributed by atoms with Gasteiger partial charge in [-0.25, -0.2) is 0 Å². The van der Waals surface area contributed by atoms with Crippen LogP contribution in [-0.4, -0.2) is 6.61 Å². The van der Waals surface area contributed by atoms with Gasteiger partial charge in [0.1, 0.15) is 12.4 Å². The lowest BCUT2D eigenvalue weighted by Crippen LogP contribution is -2.11. The summed E-state index contributed by atoms with van der Waals surface area (Å²) < 4.78 is 5.62. The van der Waals surface area contributed by atoms with E-state index < -0.39 is 0 Å². The molecule has 3 nitrogen and oxygen atoms in total. The van der Waals surface area contributed by atoms with Crippen molar-refractivity contribution in [2.75, 3.05) is 17.7 Å². The minimum absolute atomic E-state index is 0.202. The highest BCUT2D eigenvalue weighted by atomic mass is 16.5. The van der Waals surface area contributed by atoms with Gasteiger partial charge in [-0.15, -0.1) is 0 Å². The maximum atomic E-state index is 5.76. The van der Waals surface area contributed by atoms with Crippen LogP contribution in [0, 0.1) is 0 Å². The van der Waals surface area contributed by atoms with Crippen LogP contribution in [-0.2, 0) is 0 Å². The molecule has 17 heavy (non-hydrogen) atoms. The van der Waals surface area contributed by atoms with Gasteiger partial charge in [0.2, 0.25) is 0 Å². The zero-order chi connectivity index (χ0) is 11.7. The molecule has 0 spiro atoms. The molecule has 0 aromatic heterocycles. The summed E-state index contributed by atoms with van der Waals surface area (Å²) in [6, 6.07) is 16.1. The van der Waals surface area contributed by atoms with Crippen LogP contribution in [0.25, 0.3) is 0 Å². The molecule has 86 valence electrons. The summed E-state index contributed by atoms with van der Waals surface area (Å²) in [6.45, 7) is 0.661. The number of hydrogen-bond acceptors (Lipinski definition) is 3. The highest BCUT2D eigenvalue weighted by molar-refractivity contribution is 5.56. The zero-order valence-electron chi connectivity index (χ0n) is 9.39. The van der Waals surface area contributed by atoms with E-state index in [4.69, 9.17) is 10.5 Å². The van der Waals surface area contributed by atoms with Crippen molar-refractivity contribution in [1.82, 2.24) is 0 Å². The third kappa shape index (κ3) is 1.91. The molecule has 0 radical (unpaired) electrons. The summed E-state index contributed by atoms with van der Waals surface area (Å²) in [6.07, 6.45) is 0. The van der Waals surface area contributed by atoms with E-state index in [-0.39, 0.29) is 6.04 Å². The van der Waals surface area contributed by atoms with Gasteiger partial charge < -0.3 is 15.8 Å². The van der Waals surface area contributed by atoms with Crippen molar-refractivity contribution in [1.29, 1.82) is 0 Å². The monoisotopic (exact) mass is 226 g/mol. The molecule has 0 saturated carbocycles. The van der Waals surface area contributed by atoms with Crippen LogP contribution in [0.15, 0.2) is 48.5 Å². The number of ether oxygens (including phenoxy) is 1. The summed E-state index contributed by atoms with van der Waals surface area (Å²) in [4.78, 5) is 0. The van der Waals surface area contributed by atoms with Gasteiger partial charge in [0.15, 0.2) is 0 Å².